The maximum atomic E-state index is 12.7. The van der Waals surface area contributed by atoms with Gasteiger partial charge in [0, 0.05) is 50.1 Å². The molecule has 0 fully saturated rings. The Bertz CT molecular complexity index is 1060. The van der Waals surface area contributed by atoms with Crippen LogP contribution in [-0.4, -0.2) is 45.8 Å². The van der Waals surface area contributed by atoms with E-state index in [0.29, 0.717) is 31.3 Å². The fourth-order valence-corrected chi connectivity index (χ4v) is 3.64. The predicted molar refractivity (Wildman–Crippen MR) is 114 cm³/mol. The summed E-state index contributed by atoms with van der Waals surface area (Å²) in [7, 11) is 3.54. The van der Waals surface area contributed by atoms with E-state index >= 15 is 0 Å². The highest BCUT2D eigenvalue weighted by atomic mass is 16.5. The highest BCUT2D eigenvalue weighted by Gasteiger charge is 2.27. The SMILES string of the molecule is COc1ccc(OCC(=O)N2CCc3c(c(COc4cc(C)ccn4)nn3C)C2)cc1. The zero-order chi connectivity index (χ0) is 21.8. The second-order valence-electron chi connectivity index (χ2n) is 7.49. The van der Waals surface area contributed by atoms with Crippen molar-refractivity contribution in [2.45, 2.75) is 26.5 Å². The first-order valence-electron chi connectivity index (χ1n) is 10.2. The number of fused-ring (bicyclic) bond motifs is 1. The van der Waals surface area contributed by atoms with Gasteiger partial charge in [0.25, 0.3) is 5.91 Å². The van der Waals surface area contributed by atoms with Crippen LogP contribution in [0.2, 0.25) is 0 Å². The molecule has 162 valence electrons. The number of pyridine rings is 1. The van der Waals surface area contributed by atoms with Crippen LogP contribution in [0.3, 0.4) is 0 Å². The zero-order valence-electron chi connectivity index (χ0n) is 18.0. The molecule has 0 spiro atoms. The molecule has 1 aliphatic rings. The van der Waals surface area contributed by atoms with E-state index in [4.69, 9.17) is 14.2 Å². The standard InChI is InChI=1S/C23H26N4O4/c1-16-8-10-24-22(12-16)31-14-20-19-13-27(11-9-21(19)26(2)25-20)23(28)15-30-18-6-4-17(29-3)5-7-18/h4-8,10,12H,9,11,13-15H2,1-3H3. The number of benzene rings is 1. The predicted octanol–water partition coefficient (Wildman–Crippen LogP) is 2.67. The number of aromatic nitrogens is 3. The molecule has 1 aliphatic heterocycles. The van der Waals surface area contributed by atoms with E-state index in [1.54, 1.807) is 37.6 Å². The van der Waals surface area contributed by atoms with Crippen LogP contribution in [0.5, 0.6) is 17.4 Å². The molecule has 1 aromatic carbocycles. The van der Waals surface area contributed by atoms with Crippen LogP contribution < -0.4 is 14.2 Å². The molecule has 0 saturated carbocycles. The summed E-state index contributed by atoms with van der Waals surface area (Å²) in [5.74, 6) is 1.89. The summed E-state index contributed by atoms with van der Waals surface area (Å²) in [6.07, 6.45) is 2.47. The van der Waals surface area contributed by atoms with E-state index < -0.39 is 0 Å². The first kappa shape index (κ1) is 20.7. The zero-order valence-corrected chi connectivity index (χ0v) is 18.0. The number of nitrogens with zero attached hydrogens (tertiary/aromatic N) is 4. The Balaban J connectivity index is 1.39. The topological polar surface area (TPSA) is 78.7 Å². The number of methoxy groups -OCH3 is 1. The van der Waals surface area contributed by atoms with Gasteiger partial charge in [-0.25, -0.2) is 4.98 Å². The molecule has 0 saturated heterocycles. The smallest absolute Gasteiger partial charge is 0.260 e. The van der Waals surface area contributed by atoms with Crippen LogP contribution >= 0.6 is 0 Å². The first-order valence-corrected chi connectivity index (χ1v) is 10.2. The minimum atomic E-state index is -0.0578. The Labute approximate surface area is 181 Å². The van der Waals surface area contributed by atoms with E-state index in [1.165, 1.54) is 0 Å². The second kappa shape index (κ2) is 9.07. The van der Waals surface area contributed by atoms with Crippen molar-refractivity contribution in [1.29, 1.82) is 0 Å². The summed E-state index contributed by atoms with van der Waals surface area (Å²) in [6, 6.07) is 11.0. The van der Waals surface area contributed by atoms with Gasteiger partial charge in [-0.15, -0.1) is 0 Å². The molecule has 31 heavy (non-hydrogen) atoms. The number of ether oxygens (including phenoxy) is 3. The number of carbonyl (C=O) groups is 1. The number of hydrogen-bond acceptors (Lipinski definition) is 6. The van der Waals surface area contributed by atoms with Crippen molar-refractivity contribution in [3.8, 4) is 17.4 Å². The van der Waals surface area contributed by atoms with Crippen molar-refractivity contribution in [2.75, 3.05) is 20.3 Å². The fourth-order valence-electron chi connectivity index (χ4n) is 3.64. The molecule has 4 rings (SSSR count). The van der Waals surface area contributed by atoms with Gasteiger partial charge in [-0.2, -0.15) is 5.10 Å². The van der Waals surface area contributed by atoms with Gasteiger partial charge in [0.2, 0.25) is 5.88 Å². The summed E-state index contributed by atoms with van der Waals surface area (Å²) in [6.45, 7) is 3.42. The largest absolute Gasteiger partial charge is 0.497 e. The molecular formula is C23H26N4O4. The van der Waals surface area contributed by atoms with Crippen molar-refractivity contribution in [1.82, 2.24) is 19.7 Å². The minimum Gasteiger partial charge on any atom is -0.497 e. The number of amides is 1. The van der Waals surface area contributed by atoms with Crippen LogP contribution in [0, 0.1) is 6.92 Å². The van der Waals surface area contributed by atoms with E-state index in [9.17, 15) is 4.79 Å². The number of hydrogen-bond donors (Lipinski definition) is 0. The van der Waals surface area contributed by atoms with Gasteiger partial charge in [0.1, 0.15) is 23.8 Å². The Kier molecular flexibility index (Phi) is 6.06. The van der Waals surface area contributed by atoms with Crippen LogP contribution in [0.4, 0.5) is 0 Å². The molecule has 0 unspecified atom stereocenters. The molecule has 3 heterocycles. The summed E-state index contributed by atoms with van der Waals surface area (Å²) in [4.78, 5) is 18.8. The quantitative estimate of drug-likeness (QED) is 0.583. The molecule has 2 aromatic heterocycles. The molecule has 1 amide bonds. The van der Waals surface area contributed by atoms with Crippen molar-refractivity contribution >= 4 is 5.91 Å². The third-order valence-corrected chi connectivity index (χ3v) is 5.35. The first-order chi connectivity index (χ1) is 15.0. The van der Waals surface area contributed by atoms with Crippen molar-refractivity contribution in [3.63, 3.8) is 0 Å². The second-order valence-corrected chi connectivity index (χ2v) is 7.49. The van der Waals surface area contributed by atoms with E-state index in [-0.39, 0.29) is 12.5 Å². The maximum absolute atomic E-state index is 12.7. The van der Waals surface area contributed by atoms with Crippen LogP contribution in [-0.2, 0) is 31.4 Å². The lowest BCUT2D eigenvalue weighted by molar-refractivity contribution is -0.134. The van der Waals surface area contributed by atoms with Crippen molar-refractivity contribution < 1.29 is 19.0 Å². The van der Waals surface area contributed by atoms with Gasteiger partial charge in [-0.1, -0.05) is 0 Å². The summed E-state index contributed by atoms with van der Waals surface area (Å²) >= 11 is 0. The molecule has 8 nitrogen and oxygen atoms in total. The lowest BCUT2D eigenvalue weighted by Gasteiger charge is -2.27. The van der Waals surface area contributed by atoms with E-state index in [0.717, 1.165) is 34.7 Å². The fraction of sp³-hybridized carbons (Fsp3) is 0.348. The van der Waals surface area contributed by atoms with Gasteiger partial charge in [-0.05, 0) is 42.8 Å². The Hall–Kier alpha value is -3.55. The van der Waals surface area contributed by atoms with Gasteiger partial charge >= 0.3 is 0 Å². The van der Waals surface area contributed by atoms with E-state index in [2.05, 4.69) is 10.1 Å². The molecule has 0 N–H and O–H groups in total. The van der Waals surface area contributed by atoms with Gasteiger partial charge in [0.15, 0.2) is 6.61 Å². The summed E-state index contributed by atoms with van der Waals surface area (Å²) in [5.41, 5.74) is 4.09. The lowest BCUT2D eigenvalue weighted by atomic mass is 10.1. The minimum absolute atomic E-state index is 0.0129. The average molecular weight is 422 g/mol. The summed E-state index contributed by atoms with van der Waals surface area (Å²) < 4.78 is 18.5. The van der Waals surface area contributed by atoms with Crippen molar-refractivity contribution in [3.05, 3.63) is 65.1 Å². The number of rotatable bonds is 7. The number of aryl methyl sites for hydroxylation is 2. The summed E-state index contributed by atoms with van der Waals surface area (Å²) in [5, 5.41) is 4.62. The molecule has 0 atom stereocenters. The monoisotopic (exact) mass is 422 g/mol. The van der Waals surface area contributed by atoms with Crippen LogP contribution in [0.25, 0.3) is 0 Å². The maximum Gasteiger partial charge on any atom is 0.260 e. The van der Waals surface area contributed by atoms with Gasteiger partial charge in [0.05, 0.1) is 7.11 Å². The highest BCUT2D eigenvalue weighted by molar-refractivity contribution is 5.78. The molecular weight excluding hydrogens is 396 g/mol. The normalized spacial score (nSPS) is 12.9. The molecule has 0 radical (unpaired) electrons. The van der Waals surface area contributed by atoms with Gasteiger partial charge in [-0.3, -0.25) is 9.48 Å². The average Bonchev–Trinajstić information content (AvgIpc) is 3.11. The van der Waals surface area contributed by atoms with E-state index in [1.807, 2.05) is 35.7 Å². The Morgan fingerprint density at radius 1 is 1.13 bits per heavy atom. The van der Waals surface area contributed by atoms with Crippen molar-refractivity contribution in [2.24, 2.45) is 7.05 Å². The lowest BCUT2D eigenvalue weighted by Crippen LogP contribution is -2.39. The molecule has 3 aromatic rings. The van der Waals surface area contributed by atoms with Gasteiger partial charge < -0.3 is 19.1 Å². The molecule has 0 bridgehead atoms. The molecule has 0 aliphatic carbocycles. The molecule has 8 heteroatoms. The van der Waals surface area contributed by atoms with Crippen LogP contribution in [0.15, 0.2) is 42.6 Å². The van der Waals surface area contributed by atoms with Crippen LogP contribution in [0.1, 0.15) is 22.5 Å². The third kappa shape index (κ3) is 4.79. The number of carbonyl (C=O) groups excluding carboxylic acids is 1. The Morgan fingerprint density at radius 3 is 2.65 bits per heavy atom. The Morgan fingerprint density at radius 2 is 1.90 bits per heavy atom. The third-order valence-electron chi connectivity index (χ3n) is 5.35. The highest BCUT2D eigenvalue weighted by Crippen LogP contribution is 2.24.